The number of hydrogen-bond donors (Lipinski definition) is 0. The van der Waals surface area contributed by atoms with Gasteiger partial charge in [0.2, 0.25) is 0 Å². The number of rotatable bonds is 14. The predicted molar refractivity (Wildman–Crippen MR) is 350 cm³/mol. The minimum absolute atomic E-state index is 0.0257. The Labute approximate surface area is 482 Å². The van der Waals surface area contributed by atoms with E-state index in [1.54, 1.807) is 0 Å². The second-order valence-electron chi connectivity index (χ2n) is 25.8. The molecule has 0 bridgehead atoms. The molecule has 0 N–H and O–H groups in total. The van der Waals surface area contributed by atoms with E-state index in [0.717, 1.165) is 17.1 Å². The van der Waals surface area contributed by atoms with Crippen molar-refractivity contribution >= 4 is 49.4 Å². The van der Waals surface area contributed by atoms with E-state index in [9.17, 15) is 0 Å². The average Bonchev–Trinajstić information content (AvgIpc) is 3.98. The molecule has 1 atom stereocenters. The molecule has 81 heavy (non-hydrogen) atoms. The summed E-state index contributed by atoms with van der Waals surface area (Å²) >= 11 is 0. The number of benzene rings is 11. The maximum Gasteiger partial charge on any atom is 0.0465 e. The first-order valence-corrected chi connectivity index (χ1v) is 30.2. The van der Waals surface area contributed by atoms with Gasteiger partial charge in [-0.1, -0.05) is 259 Å². The van der Waals surface area contributed by atoms with Gasteiger partial charge in [-0.15, -0.1) is 0 Å². The lowest BCUT2D eigenvalue weighted by molar-refractivity contribution is 0.480. The van der Waals surface area contributed by atoms with Crippen LogP contribution in [0.2, 0.25) is 0 Å². The first-order valence-electron chi connectivity index (χ1n) is 30.2. The topological polar surface area (TPSA) is 3.24 Å². The lowest BCUT2D eigenvalue weighted by atomic mass is 9.75. The van der Waals surface area contributed by atoms with E-state index < -0.39 is 0 Å². The van der Waals surface area contributed by atoms with Gasteiger partial charge in [0.15, 0.2) is 0 Å². The zero-order valence-electron chi connectivity index (χ0n) is 49.2. The molecule has 0 heterocycles. The van der Waals surface area contributed by atoms with Gasteiger partial charge >= 0.3 is 0 Å². The first-order chi connectivity index (χ1) is 39.2. The molecular formula is C80H77N. The summed E-state index contributed by atoms with van der Waals surface area (Å²) < 4.78 is 0. The van der Waals surface area contributed by atoms with Crippen LogP contribution in [0.1, 0.15) is 147 Å². The Balaban J connectivity index is 0.866. The Hall–Kier alpha value is -8.00. The third kappa shape index (κ3) is 9.09. The van der Waals surface area contributed by atoms with Crippen molar-refractivity contribution < 1.29 is 0 Å². The maximum absolute atomic E-state index is 2.54. The van der Waals surface area contributed by atoms with Crippen LogP contribution in [0.4, 0.5) is 17.1 Å². The summed E-state index contributed by atoms with van der Waals surface area (Å²) in [7, 11) is 0. The van der Waals surface area contributed by atoms with Crippen molar-refractivity contribution in [1.82, 2.24) is 0 Å². The van der Waals surface area contributed by atoms with Crippen LogP contribution in [-0.4, -0.2) is 0 Å². The van der Waals surface area contributed by atoms with Crippen LogP contribution in [0.15, 0.2) is 212 Å². The average molecular weight is 1050 g/mol. The van der Waals surface area contributed by atoms with E-state index in [-0.39, 0.29) is 16.2 Å². The summed E-state index contributed by atoms with van der Waals surface area (Å²) in [6, 6.07) is 81.6. The van der Waals surface area contributed by atoms with E-state index in [1.807, 2.05) is 0 Å². The summed E-state index contributed by atoms with van der Waals surface area (Å²) in [5.41, 5.74) is 24.8. The zero-order chi connectivity index (χ0) is 55.8. The Kier molecular flexibility index (Phi) is 13.3. The summed E-state index contributed by atoms with van der Waals surface area (Å²) in [4.78, 5) is 2.47. The van der Waals surface area contributed by atoms with Gasteiger partial charge in [-0.2, -0.15) is 0 Å². The molecule has 13 rings (SSSR count). The maximum atomic E-state index is 2.54. The van der Waals surface area contributed by atoms with Gasteiger partial charge in [-0.05, 0) is 194 Å². The van der Waals surface area contributed by atoms with E-state index >= 15 is 0 Å². The fourth-order valence-electron chi connectivity index (χ4n) is 14.2. The van der Waals surface area contributed by atoms with E-state index in [4.69, 9.17) is 0 Å². The Morgan fingerprint density at radius 2 is 0.852 bits per heavy atom. The van der Waals surface area contributed by atoms with Crippen molar-refractivity contribution in [2.45, 2.75) is 129 Å². The van der Waals surface area contributed by atoms with E-state index in [1.165, 1.54) is 166 Å². The van der Waals surface area contributed by atoms with Gasteiger partial charge in [-0.3, -0.25) is 0 Å². The van der Waals surface area contributed by atoms with Crippen molar-refractivity contribution in [3.05, 3.63) is 246 Å². The van der Waals surface area contributed by atoms with Crippen molar-refractivity contribution in [3.63, 3.8) is 0 Å². The number of nitrogens with zero attached hydrogens (tertiary/aromatic N) is 1. The molecule has 0 saturated heterocycles. The smallest absolute Gasteiger partial charge is 0.0465 e. The molecule has 1 nitrogen and oxygen atoms in total. The molecule has 0 fully saturated rings. The van der Waals surface area contributed by atoms with Crippen molar-refractivity contribution in [2.75, 3.05) is 4.90 Å². The van der Waals surface area contributed by atoms with Gasteiger partial charge in [0.25, 0.3) is 0 Å². The first kappa shape index (κ1) is 52.4. The number of hydrogen-bond acceptors (Lipinski definition) is 1. The van der Waals surface area contributed by atoms with Crippen LogP contribution in [0.25, 0.3) is 88.0 Å². The summed E-state index contributed by atoms with van der Waals surface area (Å²) in [6.07, 6.45) is 9.02. The predicted octanol–water partition coefficient (Wildman–Crippen LogP) is 23.4. The molecule has 0 saturated carbocycles. The van der Waals surface area contributed by atoms with Crippen LogP contribution >= 0.6 is 0 Å². The quantitative estimate of drug-likeness (QED) is 0.0775. The van der Waals surface area contributed by atoms with Crippen LogP contribution in [0, 0.1) is 0 Å². The molecule has 0 radical (unpaired) electrons. The monoisotopic (exact) mass is 1050 g/mol. The normalized spacial score (nSPS) is 15.1. The molecular weight excluding hydrogens is 975 g/mol. The van der Waals surface area contributed by atoms with Gasteiger partial charge in [0.1, 0.15) is 0 Å². The Bertz CT molecular complexity index is 4140. The summed E-state index contributed by atoms with van der Waals surface area (Å²) in [6.45, 7) is 21.3. The highest BCUT2D eigenvalue weighted by molar-refractivity contribution is 6.22. The molecule has 1 unspecified atom stereocenters. The van der Waals surface area contributed by atoms with Crippen LogP contribution in [0.5, 0.6) is 0 Å². The second kappa shape index (κ2) is 20.5. The molecule has 11 aromatic rings. The highest BCUT2D eigenvalue weighted by atomic mass is 15.1. The number of anilines is 3. The highest BCUT2D eigenvalue weighted by Crippen LogP contribution is 2.55. The molecule has 402 valence electrons. The van der Waals surface area contributed by atoms with Crippen LogP contribution < -0.4 is 4.90 Å². The third-order valence-electron chi connectivity index (χ3n) is 18.9. The van der Waals surface area contributed by atoms with Crippen LogP contribution in [-0.2, 0) is 16.2 Å². The van der Waals surface area contributed by atoms with Crippen LogP contribution in [0.3, 0.4) is 0 Å². The highest BCUT2D eigenvalue weighted by Gasteiger charge is 2.40. The fraction of sp³-hybridized carbons (Fsp3) is 0.250. The van der Waals surface area contributed by atoms with Gasteiger partial charge in [0, 0.05) is 27.9 Å². The number of fused-ring (bicyclic) bond motifs is 9. The van der Waals surface area contributed by atoms with E-state index in [2.05, 4.69) is 280 Å². The minimum atomic E-state index is -0.258. The standard InChI is InChI=1S/C80H77N/c1-10-11-12-13-14-21-46-80(9)74-48-55(52(2)3)32-42-66(74)67-43-33-57(49-75(67)80)54-30-37-61(38-31-54)81(62-39-35-60(36-40-62)78(4,5)6)63-41-45-65-64-44-34-59(50-72(64)79(7,8)73(65)51-63)77-70-26-19-17-24-68(70)76(69-25-18-20-27-71(69)77)58-29-28-53-22-15-16-23-56(53)47-58/h15-20,22-45,47-52H,10-14,21,46H2,1-9H3. The minimum Gasteiger partial charge on any atom is -0.310 e. The van der Waals surface area contributed by atoms with Crippen molar-refractivity contribution in [3.8, 4) is 55.6 Å². The molecule has 1 heteroatoms. The number of unbranched alkanes of at least 4 members (excludes halogenated alkanes) is 5. The van der Waals surface area contributed by atoms with Gasteiger partial charge in [-0.25, -0.2) is 0 Å². The molecule has 11 aromatic carbocycles. The molecule has 0 amide bonds. The molecule has 0 spiro atoms. The summed E-state index contributed by atoms with van der Waals surface area (Å²) in [5, 5.41) is 7.62. The zero-order valence-corrected chi connectivity index (χ0v) is 49.2. The molecule has 0 aromatic heterocycles. The van der Waals surface area contributed by atoms with E-state index in [0.29, 0.717) is 5.92 Å². The Morgan fingerprint density at radius 1 is 0.395 bits per heavy atom. The van der Waals surface area contributed by atoms with Gasteiger partial charge < -0.3 is 4.90 Å². The Morgan fingerprint density at radius 3 is 1.47 bits per heavy atom. The summed E-state index contributed by atoms with van der Waals surface area (Å²) in [5.74, 6) is 0.496. The molecule has 0 aliphatic heterocycles. The second-order valence-corrected chi connectivity index (χ2v) is 25.8. The lowest BCUT2D eigenvalue weighted by Gasteiger charge is -2.29. The largest absolute Gasteiger partial charge is 0.310 e. The van der Waals surface area contributed by atoms with Crippen molar-refractivity contribution in [1.29, 1.82) is 0 Å². The molecule has 2 aliphatic carbocycles. The van der Waals surface area contributed by atoms with Gasteiger partial charge in [0.05, 0.1) is 0 Å². The fourth-order valence-corrected chi connectivity index (χ4v) is 14.2. The lowest BCUT2D eigenvalue weighted by Crippen LogP contribution is -2.21. The molecule has 2 aliphatic rings. The third-order valence-corrected chi connectivity index (χ3v) is 18.9. The van der Waals surface area contributed by atoms with Crippen molar-refractivity contribution in [2.24, 2.45) is 0 Å². The SMILES string of the molecule is CCCCCCCCC1(C)c2cc(-c3ccc(N(c4ccc(C(C)(C)C)cc4)c4ccc5c(c4)C(C)(C)c4cc(-c6c7ccccc7c(-c7ccc8ccccc8c7)c7ccccc67)ccc4-5)cc3)ccc2-c2ccc(C(C)C)cc21.